The van der Waals surface area contributed by atoms with Gasteiger partial charge in [-0.2, -0.15) is 0 Å². The molecule has 2 N–H and O–H groups in total. The number of halogens is 2. The van der Waals surface area contributed by atoms with Gasteiger partial charge in [0.05, 0.1) is 5.52 Å². The van der Waals surface area contributed by atoms with Crippen LogP contribution in [-0.2, 0) is 6.54 Å². The zero-order chi connectivity index (χ0) is 14.3. The Balaban J connectivity index is 2.00. The van der Waals surface area contributed by atoms with Crippen LogP contribution in [-0.4, -0.2) is 34.1 Å². The standard InChI is InChI=1S/C14H18F2N4/c1-19-5-3-2-4-10(19)8-20-12-7-9(15)6-11(16)13(12)18-14(20)17/h6-7,10H,2-5,8H2,1H3,(H2,17,18). The smallest absolute Gasteiger partial charge is 0.201 e. The van der Waals surface area contributed by atoms with Crippen LogP contribution in [0.1, 0.15) is 19.3 Å². The molecule has 2 aromatic rings. The summed E-state index contributed by atoms with van der Waals surface area (Å²) in [5, 5.41) is 0. The van der Waals surface area contributed by atoms with E-state index in [2.05, 4.69) is 16.9 Å². The number of anilines is 1. The molecule has 1 aromatic carbocycles. The molecule has 1 aliphatic rings. The van der Waals surface area contributed by atoms with Crippen LogP contribution in [0, 0.1) is 11.6 Å². The fourth-order valence-electron chi connectivity index (χ4n) is 2.94. The normalized spacial score (nSPS) is 20.6. The lowest BCUT2D eigenvalue weighted by Gasteiger charge is -2.32. The first-order valence-electron chi connectivity index (χ1n) is 6.87. The molecular formula is C14H18F2N4. The lowest BCUT2D eigenvalue weighted by Crippen LogP contribution is -2.39. The molecular weight excluding hydrogens is 262 g/mol. The maximum Gasteiger partial charge on any atom is 0.201 e. The summed E-state index contributed by atoms with van der Waals surface area (Å²) in [7, 11) is 2.07. The van der Waals surface area contributed by atoms with E-state index in [1.54, 1.807) is 4.57 Å². The van der Waals surface area contributed by atoms with Gasteiger partial charge >= 0.3 is 0 Å². The van der Waals surface area contributed by atoms with Gasteiger partial charge in [-0.3, -0.25) is 0 Å². The number of hydrogen-bond acceptors (Lipinski definition) is 3. The molecule has 1 fully saturated rings. The lowest BCUT2D eigenvalue weighted by molar-refractivity contribution is 0.169. The second-order valence-corrected chi connectivity index (χ2v) is 5.47. The fourth-order valence-corrected chi connectivity index (χ4v) is 2.94. The molecule has 1 saturated heterocycles. The van der Waals surface area contributed by atoms with Gasteiger partial charge in [-0.1, -0.05) is 6.42 Å². The van der Waals surface area contributed by atoms with E-state index in [-0.39, 0.29) is 11.5 Å². The number of likely N-dealkylation sites (tertiary alicyclic amines) is 1. The Labute approximate surface area is 116 Å². The van der Waals surface area contributed by atoms with Gasteiger partial charge in [-0.15, -0.1) is 0 Å². The molecule has 0 amide bonds. The van der Waals surface area contributed by atoms with Crippen molar-refractivity contribution in [3.05, 3.63) is 23.8 Å². The molecule has 1 unspecified atom stereocenters. The minimum Gasteiger partial charge on any atom is -0.369 e. The van der Waals surface area contributed by atoms with Crippen molar-refractivity contribution >= 4 is 17.0 Å². The number of benzene rings is 1. The van der Waals surface area contributed by atoms with E-state index in [0.717, 1.165) is 19.0 Å². The molecule has 0 saturated carbocycles. The average molecular weight is 280 g/mol. The van der Waals surface area contributed by atoms with Gasteiger partial charge in [-0.25, -0.2) is 13.8 Å². The minimum atomic E-state index is -0.664. The summed E-state index contributed by atoms with van der Waals surface area (Å²) in [4.78, 5) is 6.29. The molecule has 1 aromatic heterocycles. The van der Waals surface area contributed by atoms with E-state index >= 15 is 0 Å². The summed E-state index contributed by atoms with van der Waals surface area (Å²) in [6.45, 7) is 1.65. The van der Waals surface area contributed by atoms with Gasteiger partial charge in [0.15, 0.2) is 5.82 Å². The van der Waals surface area contributed by atoms with Crippen molar-refractivity contribution in [1.82, 2.24) is 14.5 Å². The minimum absolute atomic E-state index is 0.141. The number of nitrogen functional groups attached to an aromatic ring is 1. The number of nitrogens with zero attached hydrogens (tertiary/aromatic N) is 3. The van der Waals surface area contributed by atoms with Crippen molar-refractivity contribution in [2.45, 2.75) is 31.8 Å². The largest absolute Gasteiger partial charge is 0.369 e. The van der Waals surface area contributed by atoms with Crippen LogP contribution in [0.15, 0.2) is 12.1 Å². The van der Waals surface area contributed by atoms with Gasteiger partial charge in [-0.05, 0) is 26.4 Å². The first kappa shape index (κ1) is 13.3. The maximum atomic E-state index is 13.7. The van der Waals surface area contributed by atoms with Crippen LogP contribution < -0.4 is 5.73 Å². The highest BCUT2D eigenvalue weighted by molar-refractivity contribution is 5.79. The second kappa shape index (κ2) is 5.01. The predicted molar refractivity (Wildman–Crippen MR) is 74.3 cm³/mol. The van der Waals surface area contributed by atoms with Crippen molar-refractivity contribution in [2.75, 3.05) is 19.3 Å². The van der Waals surface area contributed by atoms with E-state index in [1.807, 2.05) is 0 Å². The third-order valence-electron chi connectivity index (χ3n) is 4.12. The van der Waals surface area contributed by atoms with Crippen molar-refractivity contribution in [2.24, 2.45) is 0 Å². The maximum absolute atomic E-state index is 13.7. The number of aromatic nitrogens is 2. The number of hydrogen-bond donors (Lipinski definition) is 1. The summed E-state index contributed by atoms with van der Waals surface area (Å²) in [6, 6.07) is 2.46. The predicted octanol–water partition coefficient (Wildman–Crippen LogP) is 2.38. The Hall–Kier alpha value is -1.69. The van der Waals surface area contributed by atoms with Crippen molar-refractivity contribution in [3.63, 3.8) is 0 Å². The van der Waals surface area contributed by atoms with Crippen molar-refractivity contribution < 1.29 is 8.78 Å². The highest BCUT2D eigenvalue weighted by Gasteiger charge is 2.22. The van der Waals surface area contributed by atoms with Crippen LogP contribution in [0.4, 0.5) is 14.7 Å². The van der Waals surface area contributed by atoms with Gasteiger partial charge in [0, 0.05) is 24.7 Å². The molecule has 0 spiro atoms. The molecule has 0 bridgehead atoms. The molecule has 3 rings (SSSR count). The average Bonchev–Trinajstić information content (AvgIpc) is 2.70. The molecule has 2 heterocycles. The summed E-state index contributed by atoms with van der Waals surface area (Å²) >= 11 is 0. The number of nitrogens with two attached hydrogens (primary N) is 1. The lowest BCUT2D eigenvalue weighted by atomic mass is 10.0. The van der Waals surface area contributed by atoms with E-state index in [0.29, 0.717) is 18.1 Å². The Morgan fingerprint density at radius 1 is 1.35 bits per heavy atom. The van der Waals surface area contributed by atoms with Gasteiger partial charge < -0.3 is 15.2 Å². The molecule has 6 heteroatoms. The third-order valence-corrected chi connectivity index (χ3v) is 4.12. The van der Waals surface area contributed by atoms with Gasteiger partial charge in [0.2, 0.25) is 5.95 Å². The number of rotatable bonds is 2. The van der Waals surface area contributed by atoms with Crippen LogP contribution in [0.2, 0.25) is 0 Å². The SMILES string of the molecule is CN1CCCCC1Cn1c(N)nc2c(F)cc(F)cc21. The first-order chi connectivity index (χ1) is 9.56. The zero-order valence-corrected chi connectivity index (χ0v) is 11.4. The molecule has 108 valence electrons. The van der Waals surface area contributed by atoms with Crippen molar-refractivity contribution in [3.8, 4) is 0 Å². The molecule has 0 radical (unpaired) electrons. The van der Waals surface area contributed by atoms with Crippen LogP contribution in [0.3, 0.4) is 0 Å². The number of imidazole rings is 1. The number of fused-ring (bicyclic) bond motifs is 1. The third kappa shape index (κ3) is 2.24. The molecule has 1 aliphatic heterocycles. The quantitative estimate of drug-likeness (QED) is 0.918. The monoisotopic (exact) mass is 280 g/mol. The fraction of sp³-hybridized carbons (Fsp3) is 0.500. The second-order valence-electron chi connectivity index (χ2n) is 5.47. The molecule has 4 nitrogen and oxygen atoms in total. The van der Waals surface area contributed by atoms with Gasteiger partial charge in [0.25, 0.3) is 0 Å². The molecule has 20 heavy (non-hydrogen) atoms. The Bertz CT molecular complexity index is 638. The Morgan fingerprint density at radius 2 is 2.15 bits per heavy atom. The Kier molecular flexibility index (Phi) is 3.33. The summed E-state index contributed by atoms with van der Waals surface area (Å²) in [6.07, 6.45) is 3.42. The van der Waals surface area contributed by atoms with E-state index in [4.69, 9.17) is 5.73 Å². The van der Waals surface area contributed by atoms with E-state index < -0.39 is 11.6 Å². The molecule has 1 atom stereocenters. The highest BCUT2D eigenvalue weighted by Crippen LogP contribution is 2.25. The van der Waals surface area contributed by atoms with Crippen molar-refractivity contribution in [1.29, 1.82) is 0 Å². The Morgan fingerprint density at radius 3 is 2.90 bits per heavy atom. The van der Waals surface area contributed by atoms with Crippen LogP contribution in [0.5, 0.6) is 0 Å². The highest BCUT2D eigenvalue weighted by atomic mass is 19.1. The van der Waals surface area contributed by atoms with Gasteiger partial charge in [0.1, 0.15) is 11.3 Å². The number of piperidine rings is 1. The summed E-state index contributed by atoms with van der Waals surface area (Å²) < 4.78 is 28.8. The number of likely N-dealkylation sites (N-methyl/N-ethyl adjacent to an activating group) is 1. The summed E-state index contributed by atoms with van der Waals surface area (Å²) in [5.74, 6) is -1.03. The van der Waals surface area contributed by atoms with Crippen LogP contribution >= 0.6 is 0 Å². The van der Waals surface area contributed by atoms with E-state index in [1.165, 1.54) is 18.9 Å². The topological polar surface area (TPSA) is 47.1 Å². The molecule has 0 aliphatic carbocycles. The zero-order valence-electron chi connectivity index (χ0n) is 11.4. The van der Waals surface area contributed by atoms with Crippen LogP contribution in [0.25, 0.3) is 11.0 Å². The summed E-state index contributed by atoms with van der Waals surface area (Å²) in [5.41, 5.74) is 6.45. The van der Waals surface area contributed by atoms with E-state index in [9.17, 15) is 8.78 Å². The first-order valence-corrected chi connectivity index (χ1v) is 6.87.